The second-order valence-electron chi connectivity index (χ2n) is 6.30. The van der Waals surface area contributed by atoms with Crippen molar-refractivity contribution in [3.63, 3.8) is 0 Å². The summed E-state index contributed by atoms with van der Waals surface area (Å²) < 4.78 is 5.21. The Kier molecular flexibility index (Phi) is 7.83. The zero-order chi connectivity index (χ0) is 17.9. The molecule has 2 rings (SSSR count). The highest BCUT2D eigenvalue weighted by molar-refractivity contribution is 6.33. The number of hydrogen-bond acceptors (Lipinski definition) is 4. The molecule has 1 aromatic rings. The summed E-state index contributed by atoms with van der Waals surface area (Å²) >= 11 is 6.01. The minimum atomic E-state index is -0.248. The van der Waals surface area contributed by atoms with Gasteiger partial charge in [-0.2, -0.15) is 0 Å². The molecular formula is C17H25Cl2N3O3. The lowest BCUT2D eigenvalue weighted by molar-refractivity contribution is -0.135. The second-order valence-corrected chi connectivity index (χ2v) is 6.71. The van der Waals surface area contributed by atoms with E-state index < -0.39 is 0 Å². The fourth-order valence-electron chi connectivity index (χ4n) is 2.79. The number of hydrogen-bond donors (Lipinski definition) is 2. The topological polar surface area (TPSA) is 84.7 Å². The third-order valence-corrected chi connectivity index (χ3v) is 4.53. The first-order valence-corrected chi connectivity index (χ1v) is 8.44. The summed E-state index contributed by atoms with van der Waals surface area (Å²) in [5, 5.41) is 3.31. The largest absolute Gasteiger partial charge is 0.496 e. The molecule has 3 N–H and O–H groups in total. The van der Waals surface area contributed by atoms with Crippen molar-refractivity contribution in [2.24, 2.45) is 5.92 Å². The molecule has 0 unspecified atom stereocenters. The van der Waals surface area contributed by atoms with E-state index in [1.165, 1.54) is 13.2 Å². The van der Waals surface area contributed by atoms with Gasteiger partial charge in [0, 0.05) is 31.1 Å². The highest BCUT2D eigenvalue weighted by atomic mass is 35.5. The van der Waals surface area contributed by atoms with Gasteiger partial charge < -0.3 is 20.7 Å². The number of nitrogen functional groups attached to an aromatic ring is 1. The third kappa shape index (κ3) is 5.16. The molecule has 0 saturated carbocycles. The van der Waals surface area contributed by atoms with E-state index in [0.29, 0.717) is 35.1 Å². The van der Waals surface area contributed by atoms with Gasteiger partial charge in [-0.25, -0.2) is 0 Å². The Labute approximate surface area is 159 Å². The number of methoxy groups -OCH3 is 1. The lowest BCUT2D eigenvalue weighted by Gasteiger charge is -2.33. The van der Waals surface area contributed by atoms with Crippen molar-refractivity contribution in [3.8, 4) is 5.75 Å². The van der Waals surface area contributed by atoms with Crippen LogP contribution in [0.3, 0.4) is 0 Å². The van der Waals surface area contributed by atoms with Gasteiger partial charge in [-0.05, 0) is 18.9 Å². The summed E-state index contributed by atoms with van der Waals surface area (Å²) in [7, 11) is 1.48. The Bertz CT molecular complexity index is 630. The number of ether oxygens (including phenoxy) is 1. The van der Waals surface area contributed by atoms with Crippen LogP contribution in [0.15, 0.2) is 12.1 Å². The summed E-state index contributed by atoms with van der Waals surface area (Å²) in [4.78, 5) is 26.4. The van der Waals surface area contributed by atoms with E-state index >= 15 is 0 Å². The number of nitrogens with two attached hydrogens (primary N) is 1. The van der Waals surface area contributed by atoms with Crippen molar-refractivity contribution in [2.45, 2.75) is 32.7 Å². The fraction of sp³-hybridized carbons (Fsp3) is 0.529. The van der Waals surface area contributed by atoms with E-state index in [1.807, 2.05) is 18.7 Å². The molecule has 0 radical (unpaired) electrons. The molecule has 0 spiro atoms. The average molecular weight is 390 g/mol. The fourth-order valence-corrected chi connectivity index (χ4v) is 2.95. The predicted octanol–water partition coefficient (Wildman–Crippen LogP) is 2.73. The number of amides is 2. The van der Waals surface area contributed by atoms with Gasteiger partial charge in [0.25, 0.3) is 5.91 Å². The van der Waals surface area contributed by atoms with Crippen LogP contribution in [0.25, 0.3) is 0 Å². The van der Waals surface area contributed by atoms with E-state index in [2.05, 4.69) is 5.32 Å². The molecule has 0 atom stereocenters. The van der Waals surface area contributed by atoms with Gasteiger partial charge >= 0.3 is 0 Å². The van der Waals surface area contributed by atoms with E-state index in [4.69, 9.17) is 22.1 Å². The van der Waals surface area contributed by atoms with E-state index in [-0.39, 0.29) is 36.2 Å². The molecule has 1 aliphatic rings. The summed E-state index contributed by atoms with van der Waals surface area (Å²) in [5.74, 6) is 0.299. The number of nitrogens with one attached hydrogen (secondary N) is 1. The molecule has 1 aliphatic heterocycles. The normalized spacial score (nSPS) is 14.8. The minimum absolute atomic E-state index is 0. The number of rotatable bonds is 4. The Morgan fingerprint density at radius 2 is 1.92 bits per heavy atom. The van der Waals surface area contributed by atoms with E-state index in [0.717, 1.165) is 12.8 Å². The monoisotopic (exact) mass is 389 g/mol. The van der Waals surface area contributed by atoms with E-state index in [9.17, 15) is 9.59 Å². The number of halogens is 2. The highest BCUT2D eigenvalue weighted by Gasteiger charge is 2.26. The number of carbonyl (C=O) groups is 2. The second kappa shape index (κ2) is 9.15. The molecule has 1 aromatic carbocycles. The summed E-state index contributed by atoms with van der Waals surface area (Å²) in [6.45, 7) is 5.10. The number of likely N-dealkylation sites (tertiary alicyclic amines) is 1. The summed E-state index contributed by atoms with van der Waals surface area (Å²) in [5.41, 5.74) is 6.46. The van der Waals surface area contributed by atoms with Crippen molar-refractivity contribution in [1.82, 2.24) is 10.2 Å². The molecular weight excluding hydrogens is 365 g/mol. The van der Waals surface area contributed by atoms with Crippen LogP contribution < -0.4 is 15.8 Å². The minimum Gasteiger partial charge on any atom is -0.496 e. The lowest BCUT2D eigenvalue weighted by atomic mass is 10.0. The predicted molar refractivity (Wildman–Crippen MR) is 102 cm³/mol. The molecule has 25 heavy (non-hydrogen) atoms. The number of benzene rings is 1. The van der Waals surface area contributed by atoms with Crippen LogP contribution in [0, 0.1) is 5.92 Å². The number of carbonyl (C=O) groups excluding carboxylic acids is 2. The van der Waals surface area contributed by atoms with Gasteiger partial charge in [-0.1, -0.05) is 25.4 Å². The molecule has 140 valence electrons. The van der Waals surface area contributed by atoms with Crippen molar-refractivity contribution in [3.05, 3.63) is 22.7 Å². The van der Waals surface area contributed by atoms with Gasteiger partial charge in [0.15, 0.2) is 0 Å². The maximum Gasteiger partial charge on any atom is 0.255 e. The highest BCUT2D eigenvalue weighted by Crippen LogP contribution is 2.29. The van der Waals surface area contributed by atoms with Crippen LogP contribution >= 0.6 is 24.0 Å². The molecule has 0 aliphatic carbocycles. The zero-order valence-corrected chi connectivity index (χ0v) is 16.2. The quantitative estimate of drug-likeness (QED) is 0.775. The van der Waals surface area contributed by atoms with Crippen LogP contribution in [0.1, 0.15) is 37.0 Å². The molecule has 2 amide bonds. The Hall–Kier alpha value is -1.66. The van der Waals surface area contributed by atoms with Gasteiger partial charge in [0.2, 0.25) is 5.91 Å². The van der Waals surface area contributed by atoms with Gasteiger partial charge in [0.1, 0.15) is 5.75 Å². The Balaban J connectivity index is 0.00000312. The van der Waals surface area contributed by atoms with E-state index in [1.54, 1.807) is 6.07 Å². The van der Waals surface area contributed by atoms with Crippen molar-refractivity contribution in [1.29, 1.82) is 0 Å². The van der Waals surface area contributed by atoms with Crippen molar-refractivity contribution < 1.29 is 14.3 Å². The molecule has 6 nitrogen and oxygen atoms in total. The smallest absolute Gasteiger partial charge is 0.255 e. The molecule has 1 heterocycles. The standard InChI is InChI=1S/C17H24ClN3O3.ClH/c1-10(2)17(23)21-6-4-11(5-7-21)20-16(22)12-8-13(18)14(19)9-15(12)24-3;/h8-11H,4-7,19H2,1-3H3,(H,20,22);1H. The SMILES string of the molecule is COc1cc(N)c(Cl)cc1C(=O)NC1CCN(C(=O)C(C)C)CC1.Cl. The van der Waals surface area contributed by atoms with Crippen LogP contribution in [-0.2, 0) is 4.79 Å². The zero-order valence-electron chi connectivity index (χ0n) is 14.7. The molecule has 0 bridgehead atoms. The first-order chi connectivity index (χ1) is 11.3. The lowest BCUT2D eigenvalue weighted by Crippen LogP contribution is -2.47. The molecule has 0 aromatic heterocycles. The van der Waals surface area contributed by atoms with Crippen molar-refractivity contribution >= 4 is 41.5 Å². The van der Waals surface area contributed by atoms with Crippen LogP contribution in [-0.4, -0.2) is 43.0 Å². The third-order valence-electron chi connectivity index (χ3n) is 4.20. The number of nitrogens with zero attached hydrogens (tertiary/aromatic N) is 1. The van der Waals surface area contributed by atoms with Crippen molar-refractivity contribution in [2.75, 3.05) is 25.9 Å². The van der Waals surface area contributed by atoms with Crippen LogP contribution in [0.4, 0.5) is 5.69 Å². The van der Waals surface area contributed by atoms with Gasteiger partial charge in [-0.15, -0.1) is 12.4 Å². The number of anilines is 1. The Morgan fingerprint density at radius 1 is 1.32 bits per heavy atom. The molecule has 1 saturated heterocycles. The first kappa shape index (κ1) is 21.4. The molecule has 1 fully saturated rings. The van der Waals surface area contributed by atoms with Gasteiger partial charge in [0.05, 0.1) is 23.4 Å². The molecule has 8 heteroatoms. The van der Waals surface area contributed by atoms with Crippen LogP contribution in [0.2, 0.25) is 5.02 Å². The van der Waals surface area contributed by atoms with Gasteiger partial charge in [-0.3, -0.25) is 9.59 Å². The number of piperidine rings is 1. The summed E-state index contributed by atoms with van der Waals surface area (Å²) in [6, 6.07) is 3.08. The summed E-state index contributed by atoms with van der Waals surface area (Å²) in [6.07, 6.45) is 1.46. The first-order valence-electron chi connectivity index (χ1n) is 8.06. The maximum absolute atomic E-state index is 12.5. The maximum atomic E-state index is 12.5. The Morgan fingerprint density at radius 3 is 2.44 bits per heavy atom. The average Bonchev–Trinajstić information content (AvgIpc) is 2.56. The van der Waals surface area contributed by atoms with Crippen LogP contribution in [0.5, 0.6) is 5.75 Å².